The fourth-order valence-corrected chi connectivity index (χ4v) is 4.04. The zero-order valence-corrected chi connectivity index (χ0v) is 17.2. The number of rotatable bonds is 2. The molecule has 2 aromatic heterocycles. The van der Waals surface area contributed by atoms with Gasteiger partial charge in [-0.05, 0) is 42.9 Å². The van der Waals surface area contributed by atoms with Gasteiger partial charge in [-0.3, -0.25) is 0 Å². The van der Waals surface area contributed by atoms with Crippen LogP contribution in [0.3, 0.4) is 0 Å². The Labute approximate surface area is 161 Å². The zero-order chi connectivity index (χ0) is 19.3. The molecule has 138 valence electrons. The predicted octanol–water partition coefficient (Wildman–Crippen LogP) is 6.28. The van der Waals surface area contributed by atoms with Gasteiger partial charge in [0, 0.05) is 22.4 Å². The second-order valence-electron chi connectivity index (χ2n) is 8.95. The van der Waals surface area contributed by atoms with Crippen molar-refractivity contribution < 1.29 is 8.98 Å². The molecule has 0 spiro atoms. The van der Waals surface area contributed by atoms with E-state index in [2.05, 4.69) is 88.8 Å². The summed E-state index contributed by atoms with van der Waals surface area (Å²) >= 11 is 0. The minimum absolute atomic E-state index is 0.252. The Bertz CT molecular complexity index is 1160. The van der Waals surface area contributed by atoms with E-state index in [0.29, 0.717) is 0 Å². The molecular weight excluding hydrogens is 330 g/mol. The molecule has 0 N–H and O–H groups in total. The van der Waals surface area contributed by atoms with E-state index < -0.39 is 0 Å². The molecule has 0 saturated carbocycles. The van der Waals surface area contributed by atoms with Gasteiger partial charge in [0.1, 0.15) is 18.2 Å². The van der Waals surface area contributed by atoms with Crippen LogP contribution in [-0.4, -0.2) is 0 Å². The third-order valence-electron chi connectivity index (χ3n) is 5.32. The highest BCUT2D eigenvalue weighted by Gasteiger charge is 2.23. The van der Waals surface area contributed by atoms with Crippen LogP contribution >= 0.6 is 0 Å². The quantitative estimate of drug-likeness (QED) is 0.385. The standard InChI is InChI=1S/C25H28NO/c1-16-11-12-20-19-9-7-8-10-22(19)27-24(20)23(16)21-13-18(14-25(3,4)5)17(2)15-26(21)6/h7-13,15H,14H2,1-6H3/q+1. The van der Waals surface area contributed by atoms with Gasteiger partial charge in [-0.25, -0.2) is 4.57 Å². The summed E-state index contributed by atoms with van der Waals surface area (Å²) in [5.74, 6) is 0. The van der Waals surface area contributed by atoms with Crippen LogP contribution < -0.4 is 4.57 Å². The lowest BCUT2D eigenvalue weighted by Gasteiger charge is -2.19. The Hall–Kier alpha value is -2.61. The molecule has 0 saturated heterocycles. The number of aromatic nitrogens is 1. The minimum atomic E-state index is 0.252. The molecule has 2 heterocycles. The number of hydrogen-bond donors (Lipinski definition) is 0. The van der Waals surface area contributed by atoms with Crippen molar-refractivity contribution in [3.63, 3.8) is 0 Å². The average Bonchev–Trinajstić information content (AvgIpc) is 2.95. The maximum atomic E-state index is 6.33. The topological polar surface area (TPSA) is 17.0 Å². The second-order valence-corrected chi connectivity index (χ2v) is 8.95. The van der Waals surface area contributed by atoms with Gasteiger partial charge >= 0.3 is 0 Å². The molecular formula is C25H28NO+. The predicted molar refractivity (Wildman–Crippen MR) is 113 cm³/mol. The molecule has 0 aliphatic carbocycles. The first kappa shape index (κ1) is 17.8. The van der Waals surface area contributed by atoms with E-state index in [1.807, 2.05) is 6.07 Å². The Balaban J connectivity index is 2.02. The van der Waals surface area contributed by atoms with E-state index in [9.17, 15) is 0 Å². The van der Waals surface area contributed by atoms with Gasteiger partial charge in [-0.1, -0.05) is 51.1 Å². The van der Waals surface area contributed by atoms with Gasteiger partial charge in [0.15, 0.2) is 6.20 Å². The van der Waals surface area contributed by atoms with Crippen LogP contribution in [0, 0.1) is 19.3 Å². The lowest BCUT2D eigenvalue weighted by Crippen LogP contribution is -2.32. The van der Waals surface area contributed by atoms with Crippen LogP contribution in [-0.2, 0) is 13.5 Å². The number of nitrogens with zero attached hydrogens (tertiary/aromatic N) is 1. The molecule has 0 unspecified atom stereocenters. The van der Waals surface area contributed by atoms with Gasteiger partial charge < -0.3 is 4.42 Å². The lowest BCUT2D eigenvalue weighted by atomic mass is 9.86. The highest BCUT2D eigenvalue weighted by atomic mass is 16.3. The normalized spacial score (nSPS) is 12.2. The molecule has 2 aromatic carbocycles. The van der Waals surface area contributed by atoms with Crippen molar-refractivity contribution in [2.24, 2.45) is 12.5 Å². The lowest BCUT2D eigenvalue weighted by molar-refractivity contribution is -0.660. The fourth-order valence-electron chi connectivity index (χ4n) is 4.04. The van der Waals surface area contributed by atoms with Crippen LogP contribution in [0.4, 0.5) is 0 Å². The molecule has 2 nitrogen and oxygen atoms in total. The van der Waals surface area contributed by atoms with Crippen molar-refractivity contribution in [1.29, 1.82) is 0 Å². The average molecular weight is 359 g/mol. The first-order valence-corrected chi connectivity index (χ1v) is 9.65. The molecule has 0 bridgehead atoms. The molecule has 4 aromatic rings. The highest BCUT2D eigenvalue weighted by Crippen LogP contribution is 2.37. The Kier molecular flexibility index (Phi) is 4.10. The number of pyridine rings is 1. The molecule has 2 heteroatoms. The SMILES string of the molecule is Cc1c[n+](C)c(-c2c(C)ccc3c2oc2ccccc23)cc1CC(C)(C)C. The molecule has 0 aliphatic heterocycles. The maximum Gasteiger partial charge on any atom is 0.216 e. The summed E-state index contributed by atoms with van der Waals surface area (Å²) in [7, 11) is 2.13. The molecule has 27 heavy (non-hydrogen) atoms. The van der Waals surface area contributed by atoms with E-state index in [1.165, 1.54) is 38.7 Å². The number of furan rings is 1. The van der Waals surface area contributed by atoms with Crippen molar-refractivity contribution in [2.75, 3.05) is 0 Å². The van der Waals surface area contributed by atoms with Crippen LogP contribution in [0.2, 0.25) is 0 Å². The summed E-state index contributed by atoms with van der Waals surface area (Å²) in [5.41, 5.74) is 8.57. The van der Waals surface area contributed by atoms with Gasteiger partial charge in [0.05, 0.1) is 5.56 Å². The van der Waals surface area contributed by atoms with Gasteiger partial charge in [-0.2, -0.15) is 0 Å². The second kappa shape index (κ2) is 6.23. The fraction of sp³-hybridized carbons (Fsp3) is 0.320. The van der Waals surface area contributed by atoms with E-state index in [4.69, 9.17) is 4.42 Å². The Morgan fingerprint density at radius 2 is 1.67 bits per heavy atom. The van der Waals surface area contributed by atoms with E-state index in [-0.39, 0.29) is 5.41 Å². The molecule has 4 rings (SSSR count). The molecule has 0 atom stereocenters. The first-order valence-electron chi connectivity index (χ1n) is 9.65. The van der Waals surface area contributed by atoms with Crippen molar-refractivity contribution >= 4 is 21.9 Å². The van der Waals surface area contributed by atoms with E-state index >= 15 is 0 Å². The van der Waals surface area contributed by atoms with Gasteiger partial charge in [0.2, 0.25) is 5.69 Å². The van der Waals surface area contributed by atoms with Crippen molar-refractivity contribution in [3.05, 3.63) is 65.4 Å². The van der Waals surface area contributed by atoms with Crippen LogP contribution in [0.15, 0.2) is 53.1 Å². The Morgan fingerprint density at radius 3 is 2.41 bits per heavy atom. The highest BCUT2D eigenvalue weighted by molar-refractivity contribution is 6.09. The Morgan fingerprint density at radius 1 is 0.926 bits per heavy atom. The van der Waals surface area contributed by atoms with Crippen molar-refractivity contribution in [2.45, 2.75) is 41.0 Å². The minimum Gasteiger partial charge on any atom is -0.455 e. The summed E-state index contributed by atoms with van der Waals surface area (Å²) in [4.78, 5) is 0. The zero-order valence-electron chi connectivity index (χ0n) is 17.2. The first-order chi connectivity index (χ1) is 12.7. The largest absolute Gasteiger partial charge is 0.455 e. The van der Waals surface area contributed by atoms with Gasteiger partial charge in [-0.15, -0.1) is 0 Å². The van der Waals surface area contributed by atoms with Crippen LogP contribution in [0.1, 0.15) is 37.5 Å². The number of fused-ring (bicyclic) bond motifs is 3. The van der Waals surface area contributed by atoms with E-state index in [0.717, 1.165) is 17.6 Å². The molecule has 0 fully saturated rings. The van der Waals surface area contributed by atoms with E-state index in [1.54, 1.807) is 0 Å². The van der Waals surface area contributed by atoms with Crippen molar-refractivity contribution in [3.8, 4) is 11.3 Å². The maximum absolute atomic E-state index is 6.33. The van der Waals surface area contributed by atoms with Crippen LogP contribution in [0.5, 0.6) is 0 Å². The number of hydrogen-bond acceptors (Lipinski definition) is 1. The molecule has 0 radical (unpaired) electrons. The number of aryl methyl sites for hydroxylation is 3. The third-order valence-corrected chi connectivity index (χ3v) is 5.32. The smallest absolute Gasteiger partial charge is 0.216 e. The number of benzene rings is 2. The molecule has 0 amide bonds. The molecule has 0 aliphatic rings. The summed E-state index contributed by atoms with van der Waals surface area (Å²) in [6.07, 6.45) is 3.30. The van der Waals surface area contributed by atoms with Crippen LogP contribution in [0.25, 0.3) is 33.2 Å². The van der Waals surface area contributed by atoms with Gasteiger partial charge in [0.25, 0.3) is 0 Å². The van der Waals surface area contributed by atoms with Crippen molar-refractivity contribution in [1.82, 2.24) is 0 Å². The summed E-state index contributed by atoms with van der Waals surface area (Å²) in [6, 6.07) is 15.0. The monoisotopic (exact) mass is 358 g/mol. The third kappa shape index (κ3) is 3.14. The summed E-state index contributed by atoms with van der Waals surface area (Å²) in [5, 5.41) is 2.36. The summed E-state index contributed by atoms with van der Waals surface area (Å²) < 4.78 is 8.56. The number of para-hydroxylation sites is 1. The summed E-state index contributed by atoms with van der Waals surface area (Å²) in [6.45, 7) is 11.3.